The highest BCUT2D eigenvalue weighted by Gasteiger charge is 2.11. The van der Waals surface area contributed by atoms with Crippen molar-refractivity contribution in [1.82, 2.24) is 9.97 Å². The van der Waals surface area contributed by atoms with Gasteiger partial charge in [0.15, 0.2) is 0 Å². The molecular weight excluding hydrogens is 268 g/mol. The molecule has 0 spiro atoms. The molecule has 0 atom stereocenters. The van der Waals surface area contributed by atoms with Crippen LogP contribution in [-0.4, -0.2) is 16.6 Å². The third-order valence-corrected chi connectivity index (χ3v) is 3.54. The number of benzene rings is 1. The van der Waals surface area contributed by atoms with Crippen LogP contribution in [0.15, 0.2) is 24.3 Å². The van der Waals surface area contributed by atoms with E-state index in [-0.39, 0.29) is 0 Å². The quantitative estimate of drug-likeness (QED) is 0.825. The number of hydrogen-bond acceptors (Lipinski definition) is 3. The summed E-state index contributed by atoms with van der Waals surface area (Å²) < 4.78 is 6.37. The minimum absolute atomic E-state index is 0.643. The van der Waals surface area contributed by atoms with E-state index in [0.717, 1.165) is 41.2 Å². The molecule has 106 valence electrons. The molecule has 1 aromatic carbocycles. The molecule has 0 aliphatic carbocycles. The number of rotatable bonds is 5. The second-order valence-corrected chi connectivity index (χ2v) is 5.05. The Morgan fingerprint density at radius 1 is 1.25 bits per heavy atom. The van der Waals surface area contributed by atoms with Gasteiger partial charge in [-0.05, 0) is 32.4 Å². The molecular formula is C16H20N2OS. The van der Waals surface area contributed by atoms with E-state index in [1.807, 2.05) is 38.1 Å². The molecule has 0 aliphatic heterocycles. The van der Waals surface area contributed by atoms with Gasteiger partial charge >= 0.3 is 0 Å². The van der Waals surface area contributed by atoms with Gasteiger partial charge in [-0.15, -0.1) is 0 Å². The Morgan fingerprint density at radius 3 is 2.70 bits per heavy atom. The summed E-state index contributed by atoms with van der Waals surface area (Å²) in [6.07, 6.45) is 1.93. The Bertz CT molecular complexity index is 649. The van der Waals surface area contributed by atoms with E-state index in [9.17, 15) is 0 Å². The normalized spacial score (nSPS) is 10.6. The number of aryl methyl sites for hydroxylation is 1. The fourth-order valence-corrected chi connectivity index (χ4v) is 2.37. The van der Waals surface area contributed by atoms with Crippen LogP contribution in [0.25, 0.3) is 11.3 Å². The number of aromatic amines is 1. The standard InChI is InChI=1S/C16H20N2OS/c1-4-8-14-17-15(11(3)16(20)18-14)12-9-6-7-10-13(12)19-5-2/h6-7,9-10H,4-5,8H2,1-3H3,(H,17,18,20). The van der Waals surface area contributed by atoms with Gasteiger partial charge in [0.25, 0.3) is 0 Å². The maximum absolute atomic E-state index is 5.71. The van der Waals surface area contributed by atoms with Crippen molar-refractivity contribution in [2.45, 2.75) is 33.6 Å². The minimum atomic E-state index is 0.643. The Kier molecular flexibility index (Phi) is 4.90. The van der Waals surface area contributed by atoms with Gasteiger partial charge in [0.1, 0.15) is 16.2 Å². The van der Waals surface area contributed by atoms with Gasteiger partial charge in [0.05, 0.1) is 12.3 Å². The summed E-state index contributed by atoms with van der Waals surface area (Å²) in [7, 11) is 0. The SMILES string of the molecule is CCCc1nc(=S)c(C)c(-c2ccccc2OCC)[nH]1. The zero-order valence-corrected chi connectivity index (χ0v) is 13.0. The number of aromatic nitrogens is 2. The molecule has 4 heteroatoms. The molecule has 0 radical (unpaired) electrons. The van der Waals surface area contributed by atoms with Crippen molar-refractivity contribution in [2.24, 2.45) is 0 Å². The van der Waals surface area contributed by atoms with E-state index in [1.54, 1.807) is 0 Å². The maximum Gasteiger partial charge on any atom is 0.133 e. The monoisotopic (exact) mass is 288 g/mol. The first-order valence-electron chi connectivity index (χ1n) is 6.99. The highest BCUT2D eigenvalue weighted by Crippen LogP contribution is 2.31. The van der Waals surface area contributed by atoms with E-state index in [0.29, 0.717) is 11.2 Å². The molecule has 0 unspecified atom stereocenters. The summed E-state index contributed by atoms with van der Waals surface area (Å²) in [6, 6.07) is 8.02. The maximum atomic E-state index is 5.71. The van der Waals surface area contributed by atoms with E-state index in [1.165, 1.54) is 0 Å². The molecule has 0 aliphatic rings. The molecule has 2 aromatic rings. The summed E-state index contributed by atoms with van der Waals surface area (Å²) in [5, 5.41) is 0. The lowest BCUT2D eigenvalue weighted by Gasteiger charge is -2.13. The molecule has 0 saturated heterocycles. The summed E-state index contributed by atoms with van der Waals surface area (Å²) in [5.74, 6) is 1.81. The van der Waals surface area contributed by atoms with Crippen molar-refractivity contribution in [2.75, 3.05) is 6.61 Å². The second-order valence-electron chi connectivity index (χ2n) is 4.67. The van der Waals surface area contributed by atoms with Crippen molar-refractivity contribution in [1.29, 1.82) is 0 Å². The van der Waals surface area contributed by atoms with Crippen molar-refractivity contribution >= 4 is 12.2 Å². The van der Waals surface area contributed by atoms with Crippen LogP contribution in [0.3, 0.4) is 0 Å². The van der Waals surface area contributed by atoms with Gasteiger partial charge in [-0.1, -0.05) is 31.3 Å². The summed E-state index contributed by atoms with van der Waals surface area (Å²) in [5.41, 5.74) is 3.04. The molecule has 2 rings (SSSR count). The summed E-state index contributed by atoms with van der Waals surface area (Å²) in [4.78, 5) is 7.85. The molecule has 0 amide bonds. The number of H-pyrrole nitrogens is 1. The molecule has 3 nitrogen and oxygen atoms in total. The minimum Gasteiger partial charge on any atom is -0.493 e. The lowest BCUT2D eigenvalue weighted by Crippen LogP contribution is -2.02. The van der Waals surface area contributed by atoms with Crippen LogP contribution in [0.2, 0.25) is 0 Å². The third kappa shape index (κ3) is 3.07. The lowest BCUT2D eigenvalue weighted by atomic mass is 10.1. The molecule has 0 saturated carbocycles. The van der Waals surface area contributed by atoms with E-state index in [4.69, 9.17) is 17.0 Å². The van der Waals surface area contributed by atoms with Crippen molar-refractivity contribution in [3.05, 3.63) is 40.3 Å². The van der Waals surface area contributed by atoms with Crippen LogP contribution in [-0.2, 0) is 6.42 Å². The number of ether oxygens (including phenoxy) is 1. The van der Waals surface area contributed by atoms with Crippen LogP contribution in [0, 0.1) is 11.6 Å². The van der Waals surface area contributed by atoms with Crippen LogP contribution in [0.5, 0.6) is 5.75 Å². The van der Waals surface area contributed by atoms with Gasteiger partial charge in [-0.25, -0.2) is 4.98 Å². The van der Waals surface area contributed by atoms with Crippen LogP contribution < -0.4 is 4.74 Å². The Hall–Kier alpha value is -1.68. The average molecular weight is 288 g/mol. The van der Waals surface area contributed by atoms with Gasteiger partial charge in [-0.3, -0.25) is 0 Å². The Labute approximate surface area is 125 Å². The molecule has 20 heavy (non-hydrogen) atoms. The number of hydrogen-bond donors (Lipinski definition) is 1. The number of nitrogens with zero attached hydrogens (tertiary/aromatic N) is 1. The largest absolute Gasteiger partial charge is 0.493 e. The van der Waals surface area contributed by atoms with Gasteiger partial charge in [0.2, 0.25) is 0 Å². The first-order valence-corrected chi connectivity index (χ1v) is 7.40. The summed E-state index contributed by atoms with van der Waals surface area (Å²) >= 11 is 5.38. The predicted molar refractivity (Wildman–Crippen MR) is 84.8 cm³/mol. The third-order valence-electron chi connectivity index (χ3n) is 3.14. The highest BCUT2D eigenvalue weighted by molar-refractivity contribution is 7.71. The number of nitrogens with one attached hydrogen (secondary N) is 1. The fourth-order valence-electron chi connectivity index (χ4n) is 2.16. The predicted octanol–water partition coefficient (Wildman–Crippen LogP) is 4.47. The fraction of sp³-hybridized carbons (Fsp3) is 0.375. The van der Waals surface area contributed by atoms with Crippen LogP contribution in [0.4, 0.5) is 0 Å². The summed E-state index contributed by atoms with van der Waals surface area (Å²) in [6.45, 7) is 6.76. The van der Waals surface area contributed by atoms with Gasteiger partial charge < -0.3 is 9.72 Å². The molecule has 1 aromatic heterocycles. The van der Waals surface area contributed by atoms with Crippen molar-refractivity contribution in [3.63, 3.8) is 0 Å². The van der Waals surface area contributed by atoms with Gasteiger partial charge in [0, 0.05) is 17.5 Å². The Balaban J connectivity index is 2.59. The zero-order valence-electron chi connectivity index (χ0n) is 12.2. The molecule has 1 heterocycles. The Morgan fingerprint density at radius 2 is 2.00 bits per heavy atom. The van der Waals surface area contributed by atoms with Crippen molar-refractivity contribution in [3.8, 4) is 17.0 Å². The second kappa shape index (κ2) is 6.66. The molecule has 1 N–H and O–H groups in total. The van der Waals surface area contributed by atoms with Gasteiger partial charge in [-0.2, -0.15) is 0 Å². The average Bonchev–Trinajstić information content (AvgIpc) is 2.44. The van der Waals surface area contributed by atoms with Crippen LogP contribution >= 0.6 is 12.2 Å². The lowest BCUT2D eigenvalue weighted by molar-refractivity contribution is 0.341. The topological polar surface area (TPSA) is 37.9 Å². The van der Waals surface area contributed by atoms with E-state index >= 15 is 0 Å². The smallest absolute Gasteiger partial charge is 0.133 e. The number of para-hydroxylation sites is 1. The van der Waals surface area contributed by atoms with E-state index < -0.39 is 0 Å². The molecule has 0 bridgehead atoms. The van der Waals surface area contributed by atoms with Crippen molar-refractivity contribution < 1.29 is 4.74 Å². The van der Waals surface area contributed by atoms with Crippen LogP contribution in [0.1, 0.15) is 31.7 Å². The highest BCUT2D eigenvalue weighted by atomic mass is 32.1. The zero-order chi connectivity index (χ0) is 14.5. The first kappa shape index (κ1) is 14.7. The molecule has 0 fully saturated rings. The first-order chi connectivity index (χ1) is 9.67. The van der Waals surface area contributed by atoms with E-state index in [2.05, 4.69) is 16.9 Å².